The minimum atomic E-state index is -4.99. The van der Waals surface area contributed by atoms with Crippen molar-refractivity contribution in [1.82, 2.24) is 10.4 Å². The molecule has 1 heterocycles. The number of hydrogen-bond donors (Lipinski definition) is 3. The van der Waals surface area contributed by atoms with Gasteiger partial charge in [-0.25, -0.2) is 5.48 Å². The van der Waals surface area contributed by atoms with Crippen molar-refractivity contribution >= 4 is 11.8 Å². The normalized spacial score (nSPS) is 16.6. The van der Waals surface area contributed by atoms with E-state index in [0.29, 0.717) is 44.0 Å². The Kier molecular flexibility index (Phi) is 10.0. The first kappa shape index (κ1) is 30.4. The molecule has 0 saturated carbocycles. The third-order valence-electron chi connectivity index (χ3n) is 7.00. The Morgan fingerprint density at radius 1 is 0.923 bits per heavy atom. The Morgan fingerprint density at radius 3 is 2.00 bits per heavy atom. The van der Waals surface area contributed by atoms with Gasteiger partial charge in [-0.05, 0) is 73.8 Å². The first-order valence-electron chi connectivity index (χ1n) is 12.5. The van der Waals surface area contributed by atoms with E-state index in [-0.39, 0.29) is 30.9 Å². The molecular formula is C27H30F6N2O4. The molecular weight excluding hydrogens is 530 g/mol. The van der Waals surface area contributed by atoms with Gasteiger partial charge >= 0.3 is 12.4 Å². The van der Waals surface area contributed by atoms with Crippen molar-refractivity contribution in [1.29, 1.82) is 0 Å². The fourth-order valence-corrected chi connectivity index (χ4v) is 4.89. The maximum Gasteiger partial charge on any atom is 0.416 e. The molecule has 39 heavy (non-hydrogen) atoms. The molecule has 12 heteroatoms. The lowest BCUT2D eigenvalue weighted by molar-refractivity contribution is -0.151. The molecule has 1 saturated heterocycles. The molecule has 3 rings (SSSR count). The van der Waals surface area contributed by atoms with E-state index >= 15 is 0 Å². The van der Waals surface area contributed by atoms with E-state index in [0.717, 1.165) is 6.42 Å². The zero-order valence-corrected chi connectivity index (χ0v) is 20.9. The number of amides is 2. The number of aliphatic hydroxyl groups excluding tert-OH is 1. The smallest absolute Gasteiger partial charge is 0.382 e. The maximum atomic E-state index is 13.2. The number of halogens is 6. The first-order chi connectivity index (χ1) is 18.3. The number of aliphatic hydroxyl groups is 1. The van der Waals surface area contributed by atoms with E-state index < -0.39 is 47.3 Å². The second-order valence-electron chi connectivity index (χ2n) is 9.79. The molecule has 1 aliphatic rings. The number of benzene rings is 2. The van der Waals surface area contributed by atoms with Crippen LogP contribution in [0.2, 0.25) is 0 Å². The topological polar surface area (TPSA) is 89.9 Å². The molecule has 2 amide bonds. The molecule has 214 valence electrons. The van der Waals surface area contributed by atoms with E-state index in [1.165, 1.54) is 15.9 Å². The number of nitrogens with one attached hydrogen (secondary N) is 1. The van der Waals surface area contributed by atoms with E-state index in [4.69, 9.17) is 5.21 Å². The van der Waals surface area contributed by atoms with Gasteiger partial charge in [0.05, 0.1) is 17.0 Å². The first-order valence-corrected chi connectivity index (χ1v) is 12.5. The van der Waals surface area contributed by atoms with Gasteiger partial charge in [0.15, 0.2) is 0 Å². The number of carbonyl (C=O) groups is 2. The molecule has 0 aliphatic carbocycles. The Bertz CT molecular complexity index is 1080. The zero-order valence-electron chi connectivity index (χ0n) is 20.9. The quantitative estimate of drug-likeness (QED) is 0.229. The van der Waals surface area contributed by atoms with Crippen LogP contribution in [0.4, 0.5) is 26.3 Å². The van der Waals surface area contributed by atoms with Crippen molar-refractivity contribution < 1.29 is 46.2 Å². The number of hydroxylamine groups is 1. The zero-order chi connectivity index (χ0) is 28.8. The third kappa shape index (κ3) is 8.43. The van der Waals surface area contributed by atoms with Crippen LogP contribution >= 0.6 is 0 Å². The van der Waals surface area contributed by atoms with Crippen LogP contribution in [0.5, 0.6) is 0 Å². The van der Waals surface area contributed by atoms with Crippen molar-refractivity contribution in [3.8, 4) is 0 Å². The molecule has 6 nitrogen and oxygen atoms in total. The molecule has 3 N–H and O–H groups in total. The molecule has 1 aliphatic heterocycles. The van der Waals surface area contributed by atoms with E-state index in [1.807, 2.05) is 30.3 Å². The van der Waals surface area contributed by atoms with Crippen molar-refractivity contribution in [2.75, 3.05) is 13.1 Å². The highest BCUT2D eigenvalue weighted by Gasteiger charge is 2.38. The summed E-state index contributed by atoms with van der Waals surface area (Å²) in [5.41, 5.74) is -0.688. The molecule has 0 radical (unpaired) electrons. The lowest BCUT2D eigenvalue weighted by Crippen LogP contribution is -2.49. The number of aryl methyl sites for hydroxylation is 1. The molecule has 1 fully saturated rings. The number of carbonyl (C=O) groups excluding carboxylic acids is 2. The van der Waals surface area contributed by atoms with Crippen LogP contribution < -0.4 is 5.48 Å². The lowest BCUT2D eigenvalue weighted by atomic mass is 9.88. The fourth-order valence-electron chi connectivity index (χ4n) is 4.89. The predicted octanol–water partition coefficient (Wildman–Crippen LogP) is 5.01. The van der Waals surface area contributed by atoms with Gasteiger partial charge in [-0.2, -0.15) is 26.3 Å². The average molecular weight is 561 g/mol. The highest BCUT2D eigenvalue weighted by molar-refractivity contribution is 5.88. The molecule has 2 atom stereocenters. The Hall–Kier alpha value is -3.12. The number of piperidine rings is 1. The van der Waals surface area contributed by atoms with E-state index in [9.17, 15) is 41.0 Å². The monoisotopic (exact) mass is 560 g/mol. The van der Waals surface area contributed by atoms with Gasteiger partial charge in [0.1, 0.15) is 6.10 Å². The minimum absolute atomic E-state index is 0.0343. The Labute approximate surface area is 221 Å². The highest BCUT2D eigenvalue weighted by atomic mass is 19.4. The summed E-state index contributed by atoms with van der Waals surface area (Å²) in [6.07, 6.45) is -10.3. The summed E-state index contributed by atoms with van der Waals surface area (Å²) in [4.78, 5) is 26.6. The summed E-state index contributed by atoms with van der Waals surface area (Å²) in [7, 11) is 0. The van der Waals surface area contributed by atoms with Crippen LogP contribution in [-0.4, -0.2) is 46.2 Å². The number of rotatable bonds is 9. The van der Waals surface area contributed by atoms with Crippen LogP contribution in [0.25, 0.3) is 0 Å². The van der Waals surface area contributed by atoms with Gasteiger partial charge in [-0.3, -0.25) is 14.8 Å². The lowest BCUT2D eigenvalue weighted by Gasteiger charge is -2.35. The predicted molar refractivity (Wildman–Crippen MR) is 128 cm³/mol. The SMILES string of the molecule is O=C(NO)[C@@H](O)C(CCCc1cc(C(F)(F)F)cc(C(F)(F)F)c1)C(=O)N1CCC(Cc2ccccc2)CC1. The summed E-state index contributed by atoms with van der Waals surface area (Å²) in [5, 5.41) is 19.3. The summed E-state index contributed by atoms with van der Waals surface area (Å²) >= 11 is 0. The van der Waals surface area contributed by atoms with Gasteiger partial charge in [-0.1, -0.05) is 30.3 Å². The largest absolute Gasteiger partial charge is 0.416 e. The summed E-state index contributed by atoms with van der Waals surface area (Å²) < 4.78 is 79.0. The molecule has 2 aromatic rings. The van der Waals surface area contributed by atoms with Gasteiger partial charge < -0.3 is 10.0 Å². The molecule has 1 unspecified atom stereocenters. The molecule has 2 aromatic carbocycles. The van der Waals surface area contributed by atoms with Gasteiger partial charge in [-0.15, -0.1) is 0 Å². The van der Waals surface area contributed by atoms with Crippen molar-refractivity contribution in [2.45, 2.75) is 57.0 Å². The minimum Gasteiger partial charge on any atom is -0.382 e. The van der Waals surface area contributed by atoms with Gasteiger partial charge in [0, 0.05) is 13.1 Å². The number of nitrogens with zero attached hydrogens (tertiary/aromatic N) is 1. The number of alkyl halides is 6. The molecule has 0 aromatic heterocycles. The van der Waals surface area contributed by atoms with Crippen molar-refractivity contribution in [2.24, 2.45) is 11.8 Å². The van der Waals surface area contributed by atoms with Crippen LogP contribution in [0.15, 0.2) is 48.5 Å². The third-order valence-corrected chi connectivity index (χ3v) is 7.00. The Balaban J connectivity index is 1.68. The Morgan fingerprint density at radius 2 is 1.49 bits per heavy atom. The second-order valence-corrected chi connectivity index (χ2v) is 9.79. The average Bonchev–Trinajstić information content (AvgIpc) is 2.90. The van der Waals surface area contributed by atoms with Crippen LogP contribution in [-0.2, 0) is 34.8 Å². The van der Waals surface area contributed by atoms with Crippen LogP contribution in [0, 0.1) is 11.8 Å². The van der Waals surface area contributed by atoms with Crippen molar-refractivity contribution in [3.63, 3.8) is 0 Å². The van der Waals surface area contributed by atoms with E-state index in [2.05, 4.69) is 0 Å². The van der Waals surface area contributed by atoms with Crippen LogP contribution in [0.3, 0.4) is 0 Å². The molecule has 0 spiro atoms. The van der Waals surface area contributed by atoms with Gasteiger partial charge in [0.25, 0.3) is 5.91 Å². The summed E-state index contributed by atoms with van der Waals surface area (Å²) in [6.45, 7) is 0.728. The standard InChI is InChI=1S/C27H30F6N2O4/c28-26(29,30)20-14-19(15-21(16-20)27(31,32)33)7-4-8-22(23(36)24(37)34-39)25(38)35-11-9-18(10-12-35)13-17-5-2-1-3-6-17/h1-3,5-6,14-16,18,22-23,36,39H,4,7-13H2,(H,34,37)/t22?,23-/m0/s1. The van der Waals surface area contributed by atoms with Gasteiger partial charge in [0.2, 0.25) is 5.91 Å². The maximum absolute atomic E-state index is 13.2. The number of hydrogen-bond acceptors (Lipinski definition) is 4. The van der Waals surface area contributed by atoms with E-state index in [1.54, 1.807) is 0 Å². The highest BCUT2D eigenvalue weighted by Crippen LogP contribution is 2.37. The fraction of sp³-hybridized carbons (Fsp3) is 0.481. The summed E-state index contributed by atoms with van der Waals surface area (Å²) in [5.74, 6) is -2.81. The second kappa shape index (κ2) is 12.8. The summed E-state index contributed by atoms with van der Waals surface area (Å²) in [6, 6.07) is 11.1. The molecule has 0 bridgehead atoms. The number of likely N-dealkylation sites (tertiary alicyclic amines) is 1. The van der Waals surface area contributed by atoms with Crippen molar-refractivity contribution in [3.05, 3.63) is 70.8 Å². The van der Waals surface area contributed by atoms with Crippen LogP contribution in [0.1, 0.15) is 47.9 Å².